The molecular formula is C34H35Cl2F3N10O2. The van der Waals surface area contributed by atoms with E-state index in [9.17, 15) is 22.8 Å². The highest BCUT2D eigenvalue weighted by molar-refractivity contribution is 6.31. The van der Waals surface area contributed by atoms with E-state index in [1.54, 1.807) is 12.1 Å². The Hall–Kier alpha value is -4.93. The van der Waals surface area contributed by atoms with Crippen molar-refractivity contribution >= 4 is 51.1 Å². The maximum absolute atomic E-state index is 14.1. The molecule has 0 radical (unpaired) electrons. The van der Waals surface area contributed by atoms with Gasteiger partial charge in [0.05, 0.1) is 21.9 Å². The number of rotatable bonds is 8. The SMILES string of the molecule is CN(C)CCN.CN(C)CCNc1ccc2c(=O)[nH]c(-c3cc(Cl)ccc3F)nc2n1.O=c1[nH]c(-c2cc(Cl)ccc2F)nc2nc(F)ccc12. The van der Waals surface area contributed by atoms with Crippen LogP contribution in [0.3, 0.4) is 0 Å². The number of halogens is 5. The first-order chi connectivity index (χ1) is 24.2. The molecule has 0 fully saturated rings. The molecule has 51 heavy (non-hydrogen) atoms. The van der Waals surface area contributed by atoms with Crippen LogP contribution in [0.4, 0.5) is 19.0 Å². The standard InChI is InChI=1S/C17H17ClFN5O.C13H6ClF2N3O.C4H12N2/c1-24(2)8-7-20-14-6-4-11-15(21-14)22-16(23-17(11)25)12-9-10(18)3-5-13(12)19;14-6-1-3-9(15)8(5-6)12-18-11-7(13(20)19-12)2-4-10(16)17-11;1-6(2)4-3-5/h3-6,9H,7-8H2,1-2H3,(H2,20,21,22,23,25);1-5H,(H,17,18,19,20);3-5H2,1-2H3. The Bertz CT molecular complexity index is 2250. The zero-order valence-corrected chi connectivity index (χ0v) is 29.6. The van der Waals surface area contributed by atoms with Crippen LogP contribution in [0.15, 0.2) is 70.3 Å². The van der Waals surface area contributed by atoms with Crippen molar-refractivity contribution in [2.45, 2.75) is 0 Å². The topological polar surface area (TPSA) is 162 Å². The van der Waals surface area contributed by atoms with E-state index in [2.05, 4.69) is 40.1 Å². The largest absolute Gasteiger partial charge is 0.369 e. The van der Waals surface area contributed by atoms with E-state index >= 15 is 0 Å². The number of aromatic amines is 2. The normalized spacial score (nSPS) is 11.0. The summed E-state index contributed by atoms with van der Waals surface area (Å²) >= 11 is 11.7. The Labute approximate surface area is 300 Å². The minimum atomic E-state index is -0.770. The van der Waals surface area contributed by atoms with E-state index in [1.165, 1.54) is 36.4 Å². The molecule has 0 aliphatic carbocycles. The van der Waals surface area contributed by atoms with Crippen LogP contribution in [-0.4, -0.2) is 94.1 Å². The number of H-pyrrole nitrogens is 2. The molecule has 0 unspecified atom stereocenters. The maximum Gasteiger partial charge on any atom is 0.260 e. The van der Waals surface area contributed by atoms with Crippen molar-refractivity contribution in [3.8, 4) is 22.8 Å². The average molecular weight is 744 g/mol. The third kappa shape index (κ3) is 10.8. The lowest BCUT2D eigenvalue weighted by molar-refractivity contribution is 0.420. The van der Waals surface area contributed by atoms with Crippen molar-refractivity contribution in [2.75, 3.05) is 59.7 Å². The van der Waals surface area contributed by atoms with E-state index in [0.717, 1.165) is 31.8 Å². The summed E-state index contributed by atoms with van der Waals surface area (Å²) in [6, 6.07) is 13.6. The van der Waals surface area contributed by atoms with Crippen molar-refractivity contribution in [2.24, 2.45) is 5.73 Å². The Balaban J connectivity index is 0.000000201. The number of nitrogens with one attached hydrogen (secondary N) is 3. The average Bonchev–Trinajstić information content (AvgIpc) is 3.07. The number of anilines is 1. The van der Waals surface area contributed by atoms with Gasteiger partial charge in [-0.25, -0.2) is 23.7 Å². The number of hydrogen-bond donors (Lipinski definition) is 4. The number of benzene rings is 2. The number of hydrogen-bond acceptors (Lipinski definition) is 10. The smallest absolute Gasteiger partial charge is 0.260 e. The van der Waals surface area contributed by atoms with Gasteiger partial charge in [0, 0.05) is 36.2 Å². The molecule has 17 heteroatoms. The van der Waals surface area contributed by atoms with Crippen molar-refractivity contribution in [3.63, 3.8) is 0 Å². The minimum absolute atomic E-state index is 0.0163. The first kappa shape index (κ1) is 38.9. The second-order valence-corrected chi connectivity index (χ2v) is 12.3. The number of aromatic nitrogens is 6. The number of pyridine rings is 2. The molecule has 12 nitrogen and oxygen atoms in total. The number of likely N-dealkylation sites (N-methyl/N-ethyl adjacent to an activating group) is 2. The molecule has 0 saturated heterocycles. The second kappa shape index (κ2) is 17.8. The lowest BCUT2D eigenvalue weighted by atomic mass is 10.2. The molecule has 268 valence electrons. The van der Waals surface area contributed by atoms with Crippen LogP contribution < -0.4 is 22.2 Å². The summed E-state index contributed by atoms with van der Waals surface area (Å²) in [7, 11) is 7.96. The Morgan fingerprint density at radius 2 is 1.18 bits per heavy atom. The Morgan fingerprint density at radius 3 is 1.65 bits per heavy atom. The second-order valence-electron chi connectivity index (χ2n) is 11.5. The summed E-state index contributed by atoms with van der Waals surface area (Å²) in [4.78, 5) is 49.4. The van der Waals surface area contributed by atoms with Crippen LogP contribution >= 0.6 is 23.2 Å². The zero-order chi connectivity index (χ0) is 37.2. The summed E-state index contributed by atoms with van der Waals surface area (Å²) in [6.07, 6.45) is 0. The van der Waals surface area contributed by atoms with Gasteiger partial charge in [-0.05, 0) is 88.9 Å². The van der Waals surface area contributed by atoms with Crippen molar-refractivity contribution in [1.82, 2.24) is 39.7 Å². The molecule has 6 aromatic rings. The highest BCUT2D eigenvalue weighted by Gasteiger charge is 2.14. The van der Waals surface area contributed by atoms with Gasteiger partial charge in [0.1, 0.15) is 29.1 Å². The van der Waals surface area contributed by atoms with Crippen LogP contribution in [0.1, 0.15) is 0 Å². The zero-order valence-electron chi connectivity index (χ0n) is 28.1. The number of nitrogens with two attached hydrogens (primary N) is 1. The molecule has 0 amide bonds. The molecule has 2 aromatic carbocycles. The van der Waals surface area contributed by atoms with E-state index in [-0.39, 0.29) is 50.0 Å². The monoisotopic (exact) mass is 742 g/mol. The van der Waals surface area contributed by atoms with Crippen LogP contribution in [0.2, 0.25) is 10.0 Å². The molecule has 5 N–H and O–H groups in total. The molecule has 0 aliphatic heterocycles. The fourth-order valence-electron chi connectivity index (χ4n) is 4.39. The van der Waals surface area contributed by atoms with Crippen LogP contribution in [0, 0.1) is 17.6 Å². The van der Waals surface area contributed by atoms with Gasteiger partial charge in [-0.2, -0.15) is 9.37 Å². The molecule has 4 aromatic heterocycles. The van der Waals surface area contributed by atoms with E-state index in [0.29, 0.717) is 22.8 Å². The van der Waals surface area contributed by atoms with Crippen LogP contribution in [0.25, 0.3) is 44.8 Å². The third-order valence-electron chi connectivity index (χ3n) is 6.91. The first-order valence-electron chi connectivity index (χ1n) is 15.4. The molecule has 0 aliphatic rings. The lowest BCUT2D eigenvalue weighted by Crippen LogP contribution is -2.21. The van der Waals surface area contributed by atoms with Gasteiger partial charge in [-0.1, -0.05) is 23.2 Å². The summed E-state index contributed by atoms with van der Waals surface area (Å²) in [6.45, 7) is 3.28. The molecule has 0 spiro atoms. The summed E-state index contributed by atoms with van der Waals surface area (Å²) in [5, 5.41) is 4.27. The molecule has 0 saturated carbocycles. The minimum Gasteiger partial charge on any atom is -0.369 e. The van der Waals surface area contributed by atoms with Gasteiger partial charge in [-0.15, -0.1) is 0 Å². The van der Waals surface area contributed by atoms with Crippen LogP contribution in [-0.2, 0) is 0 Å². The van der Waals surface area contributed by atoms with Gasteiger partial charge in [0.15, 0.2) is 11.3 Å². The van der Waals surface area contributed by atoms with Gasteiger partial charge < -0.3 is 30.8 Å². The number of fused-ring (bicyclic) bond motifs is 2. The van der Waals surface area contributed by atoms with Gasteiger partial charge in [0.25, 0.3) is 11.1 Å². The van der Waals surface area contributed by atoms with Gasteiger partial charge in [0.2, 0.25) is 5.95 Å². The Kier molecular flexibility index (Phi) is 13.6. The van der Waals surface area contributed by atoms with Crippen molar-refractivity contribution < 1.29 is 13.2 Å². The Morgan fingerprint density at radius 1 is 0.686 bits per heavy atom. The van der Waals surface area contributed by atoms with Crippen molar-refractivity contribution in [3.05, 3.63) is 109 Å². The molecular weight excluding hydrogens is 708 g/mol. The fourth-order valence-corrected chi connectivity index (χ4v) is 4.74. The third-order valence-corrected chi connectivity index (χ3v) is 7.38. The van der Waals surface area contributed by atoms with E-state index in [1.807, 2.05) is 33.1 Å². The maximum atomic E-state index is 14.1. The lowest BCUT2D eigenvalue weighted by Gasteiger charge is -2.11. The quantitative estimate of drug-likeness (QED) is 0.153. The predicted molar refractivity (Wildman–Crippen MR) is 196 cm³/mol. The van der Waals surface area contributed by atoms with E-state index < -0.39 is 23.1 Å². The highest BCUT2D eigenvalue weighted by atomic mass is 35.5. The fraction of sp³-hybridized carbons (Fsp3) is 0.235. The van der Waals surface area contributed by atoms with Crippen molar-refractivity contribution in [1.29, 1.82) is 0 Å². The predicted octanol–water partition coefficient (Wildman–Crippen LogP) is 5.17. The summed E-state index contributed by atoms with van der Waals surface area (Å²) in [5.74, 6) is -1.26. The molecule has 0 bridgehead atoms. The van der Waals surface area contributed by atoms with Gasteiger partial charge >= 0.3 is 0 Å². The van der Waals surface area contributed by atoms with E-state index in [4.69, 9.17) is 28.9 Å². The van der Waals surface area contributed by atoms with Gasteiger partial charge in [-0.3, -0.25) is 9.59 Å². The van der Waals surface area contributed by atoms with Crippen LogP contribution in [0.5, 0.6) is 0 Å². The summed E-state index contributed by atoms with van der Waals surface area (Å²) in [5.41, 5.74) is 4.56. The molecule has 0 atom stereocenters. The molecule has 4 heterocycles. The first-order valence-corrected chi connectivity index (χ1v) is 16.1. The number of nitrogens with zero attached hydrogens (tertiary/aromatic N) is 6. The molecule has 6 rings (SSSR count). The summed E-state index contributed by atoms with van der Waals surface area (Å²) < 4.78 is 40.9. The highest BCUT2D eigenvalue weighted by Crippen LogP contribution is 2.25.